The monoisotopic (exact) mass is 748 g/mol. The average Bonchev–Trinajstić information content (AvgIpc) is 3.79. The van der Waals surface area contributed by atoms with Crippen LogP contribution in [-0.4, -0.2) is 29.1 Å². The van der Waals surface area contributed by atoms with Crippen LogP contribution in [0.1, 0.15) is 107 Å². The Morgan fingerprint density at radius 2 is 1.61 bits per heavy atom. The first-order chi connectivity index (χ1) is 28.2. The summed E-state index contributed by atoms with van der Waals surface area (Å²) < 4.78 is 0. The molecule has 0 aromatic heterocycles. The number of rotatable bonds is 6. The summed E-state index contributed by atoms with van der Waals surface area (Å²) in [6.07, 6.45) is 52.3. The van der Waals surface area contributed by atoms with Crippen LogP contribution in [0.4, 0.5) is 5.69 Å². The van der Waals surface area contributed by atoms with Gasteiger partial charge in [0, 0.05) is 41.1 Å². The summed E-state index contributed by atoms with van der Waals surface area (Å²) in [6.45, 7) is 2.50. The summed E-state index contributed by atoms with van der Waals surface area (Å²) in [5.74, 6) is 3.36. The van der Waals surface area contributed by atoms with Crippen LogP contribution in [-0.2, 0) is 0 Å². The molecular weight excluding hydrogens is 689 g/mol. The molecule has 7 aliphatic carbocycles. The molecule has 0 radical (unpaired) electrons. The highest BCUT2D eigenvalue weighted by Gasteiger charge is 2.50. The highest BCUT2D eigenvalue weighted by Crippen LogP contribution is 2.54. The van der Waals surface area contributed by atoms with Gasteiger partial charge >= 0.3 is 0 Å². The molecule has 2 heteroatoms. The van der Waals surface area contributed by atoms with Crippen LogP contribution >= 0.6 is 0 Å². The Labute approximate surface area is 342 Å². The van der Waals surface area contributed by atoms with Crippen molar-refractivity contribution in [1.82, 2.24) is 4.90 Å². The summed E-state index contributed by atoms with van der Waals surface area (Å²) in [6, 6.07) is 20.6. The molecule has 2 aromatic carbocycles. The van der Waals surface area contributed by atoms with Gasteiger partial charge < -0.3 is 9.80 Å². The lowest BCUT2D eigenvalue weighted by atomic mass is 9.74. The van der Waals surface area contributed by atoms with E-state index in [1.165, 1.54) is 86.6 Å². The third-order valence-electron chi connectivity index (χ3n) is 15.5. The molecule has 2 aromatic rings. The van der Waals surface area contributed by atoms with E-state index in [1.807, 2.05) is 0 Å². The van der Waals surface area contributed by atoms with E-state index in [4.69, 9.17) is 0 Å². The molecule has 10 atom stereocenters. The van der Waals surface area contributed by atoms with Crippen LogP contribution in [0.25, 0.3) is 11.1 Å². The minimum absolute atomic E-state index is 0.348. The lowest BCUT2D eigenvalue weighted by Gasteiger charge is -2.44. The lowest BCUT2D eigenvalue weighted by Crippen LogP contribution is -2.45. The molecule has 11 rings (SSSR count). The van der Waals surface area contributed by atoms with Crippen molar-refractivity contribution in [3.63, 3.8) is 0 Å². The Balaban J connectivity index is 0.951. The van der Waals surface area contributed by atoms with Crippen molar-refractivity contribution in [2.24, 2.45) is 29.6 Å². The van der Waals surface area contributed by atoms with Crippen molar-refractivity contribution in [3.8, 4) is 0 Å². The zero-order valence-corrected chi connectivity index (χ0v) is 33.9. The first kappa shape index (κ1) is 35.6. The largest absolute Gasteiger partial charge is 0.364 e. The fourth-order valence-corrected chi connectivity index (χ4v) is 12.8. The topological polar surface area (TPSA) is 6.48 Å². The number of benzene rings is 2. The number of nitrogens with zero attached hydrogens (tertiary/aromatic N) is 2. The first-order valence-corrected chi connectivity index (χ1v) is 22.8. The maximum atomic E-state index is 2.98. The minimum atomic E-state index is 0.348. The van der Waals surface area contributed by atoms with Gasteiger partial charge in [-0.15, -0.1) is 0 Å². The minimum Gasteiger partial charge on any atom is -0.364 e. The van der Waals surface area contributed by atoms with E-state index in [0.717, 1.165) is 18.8 Å². The standard InChI is InChI=1S/C55H60N2/c1-37-27-29-49-50-25-14-24-47(55(50)57(54(49)31-37)45-22-13-21-41(33-45)38-15-5-2-6-16-38)42-28-30-53-51(36-42)48-23-11-12-26-52(48)56(53)46-34-43(39-17-7-3-8-18-39)32-44(35-46)40-19-9-4-10-20-40/h2-3,5-7,11-16,19,21-23,25-26,28,30,32,34-37,39,45,47-49,51-54H,4,8-10,17-18,20,24,27,29,31,33H2,1H3. The van der Waals surface area contributed by atoms with Gasteiger partial charge in [0.2, 0.25) is 0 Å². The quantitative estimate of drug-likeness (QED) is 0.272. The molecule has 0 amide bonds. The van der Waals surface area contributed by atoms with E-state index in [1.54, 1.807) is 28.0 Å². The molecule has 2 nitrogen and oxygen atoms in total. The molecule has 290 valence electrons. The van der Waals surface area contributed by atoms with Crippen molar-refractivity contribution >= 4 is 16.8 Å². The van der Waals surface area contributed by atoms with Crippen molar-refractivity contribution in [3.05, 3.63) is 173 Å². The highest BCUT2D eigenvalue weighted by molar-refractivity contribution is 5.73. The lowest BCUT2D eigenvalue weighted by molar-refractivity contribution is 0.130. The number of hydrogen-bond donors (Lipinski definition) is 0. The summed E-state index contributed by atoms with van der Waals surface area (Å²) in [5, 5.41) is 0. The predicted molar refractivity (Wildman–Crippen MR) is 240 cm³/mol. The Morgan fingerprint density at radius 1 is 0.702 bits per heavy atom. The smallest absolute Gasteiger partial charge is 0.0552 e. The Morgan fingerprint density at radius 3 is 2.49 bits per heavy atom. The number of allylic oxidation sites excluding steroid dienone is 12. The van der Waals surface area contributed by atoms with Gasteiger partial charge in [0.15, 0.2) is 0 Å². The highest BCUT2D eigenvalue weighted by atomic mass is 15.2. The average molecular weight is 749 g/mol. The summed E-state index contributed by atoms with van der Waals surface area (Å²) in [7, 11) is 0. The maximum absolute atomic E-state index is 2.98. The van der Waals surface area contributed by atoms with Crippen LogP contribution in [0.3, 0.4) is 0 Å². The van der Waals surface area contributed by atoms with E-state index < -0.39 is 0 Å². The fourth-order valence-electron chi connectivity index (χ4n) is 12.8. The van der Waals surface area contributed by atoms with Gasteiger partial charge in [0.25, 0.3) is 0 Å². The molecule has 0 N–H and O–H groups in total. The van der Waals surface area contributed by atoms with Crippen LogP contribution in [0.15, 0.2) is 157 Å². The van der Waals surface area contributed by atoms with E-state index in [2.05, 4.69) is 156 Å². The molecule has 0 bridgehead atoms. The van der Waals surface area contributed by atoms with Gasteiger partial charge in [-0.25, -0.2) is 0 Å². The van der Waals surface area contributed by atoms with Gasteiger partial charge in [-0.3, -0.25) is 0 Å². The molecule has 9 aliphatic rings. The van der Waals surface area contributed by atoms with E-state index in [0.29, 0.717) is 53.8 Å². The van der Waals surface area contributed by atoms with Gasteiger partial charge in [-0.05, 0) is 140 Å². The molecule has 0 spiro atoms. The number of hydrogen-bond acceptors (Lipinski definition) is 2. The van der Waals surface area contributed by atoms with Crippen molar-refractivity contribution in [2.45, 2.75) is 114 Å². The third kappa shape index (κ3) is 6.37. The number of anilines is 1. The van der Waals surface area contributed by atoms with Crippen LogP contribution in [0.5, 0.6) is 0 Å². The van der Waals surface area contributed by atoms with Crippen LogP contribution in [0.2, 0.25) is 0 Å². The summed E-state index contributed by atoms with van der Waals surface area (Å²) >= 11 is 0. The molecular formula is C55H60N2. The van der Waals surface area contributed by atoms with Gasteiger partial charge in [-0.1, -0.05) is 134 Å². The van der Waals surface area contributed by atoms with Crippen LogP contribution < -0.4 is 4.90 Å². The van der Waals surface area contributed by atoms with Crippen molar-refractivity contribution in [1.29, 1.82) is 0 Å². The second kappa shape index (κ2) is 15.0. The summed E-state index contributed by atoms with van der Waals surface area (Å²) in [5.41, 5.74) is 13.8. The molecule has 1 saturated heterocycles. The Kier molecular flexibility index (Phi) is 9.36. The molecule has 2 fully saturated rings. The second-order valence-corrected chi connectivity index (χ2v) is 18.9. The zero-order chi connectivity index (χ0) is 37.9. The Bertz CT molecular complexity index is 2200. The normalized spacial score (nSPS) is 35.1. The SMILES string of the molecule is CC1CCC2C3=C(C(C4=CC5C6C=CC=CC6N(c6cc(C7=CCCCC7)cc(C7CC=CCC7)c6)C5C=C4)CC=C3)N(C3C=CC=C(c4ccccc4)C3)C2C1. The zero-order valence-electron chi connectivity index (χ0n) is 33.9. The predicted octanol–water partition coefficient (Wildman–Crippen LogP) is 13.2. The third-order valence-corrected chi connectivity index (χ3v) is 15.5. The molecule has 2 heterocycles. The van der Waals surface area contributed by atoms with E-state index in [-0.39, 0.29) is 0 Å². The van der Waals surface area contributed by atoms with Gasteiger partial charge in [0.05, 0.1) is 18.1 Å². The van der Waals surface area contributed by atoms with E-state index >= 15 is 0 Å². The molecule has 57 heavy (non-hydrogen) atoms. The van der Waals surface area contributed by atoms with Crippen molar-refractivity contribution in [2.75, 3.05) is 4.90 Å². The molecule has 1 saturated carbocycles. The molecule has 10 unspecified atom stereocenters. The fraction of sp³-hybridized carbons (Fsp3) is 0.418. The Hall–Kier alpha value is -4.56. The second-order valence-electron chi connectivity index (χ2n) is 18.9. The van der Waals surface area contributed by atoms with E-state index in [9.17, 15) is 0 Å². The maximum Gasteiger partial charge on any atom is 0.0552 e. The number of fused-ring (bicyclic) bond motifs is 5. The molecule has 2 aliphatic heterocycles. The van der Waals surface area contributed by atoms with Crippen LogP contribution in [0, 0.1) is 29.6 Å². The van der Waals surface area contributed by atoms with Crippen molar-refractivity contribution < 1.29 is 0 Å². The summed E-state index contributed by atoms with van der Waals surface area (Å²) in [4.78, 5) is 5.82. The first-order valence-electron chi connectivity index (χ1n) is 22.8. The van der Waals surface area contributed by atoms with Gasteiger partial charge in [0.1, 0.15) is 0 Å². The van der Waals surface area contributed by atoms with Gasteiger partial charge in [-0.2, -0.15) is 0 Å².